The van der Waals surface area contributed by atoms with Crippen LogP contribution in [-0.4, -0.2) is 5.91 Å². The Balaban J connectivity index is 1.79. The quantitative estimate of drug-likeness (QED) is 0.803. The summed E-state index contributed by atoms with van der Waals surface area (Å²) in [6.45, 7) is 2.62. The molecule has 120 valence electrons. The SMILES string of the molecule is C/C(=C/C(=O)NCc1ccc(F)cc1)NCc1ccc(F)cc1. The molecule has 0 aliphatic carbocycles. The van der Waals surface area contributed by atoms with Crippen LogP contribution in [0.3, 0.4) is 0 Å². The Hall–Kier alpha value is -2.69. The van der Waals surface area contributed by atoms with Gasteiger partial charge in [-0.25, -0.2) is 8.78 Å². The maximum Gasteiger partial charge on any atom is 0.245 e. The van der Waals surface area contributed by atoms with E-state index in [0.29, 0.717) is 18.8 Å². The van der Waals surface area contributed by atoms with Crippen molar-refractivity contribution in [3.8, 4) is 0 Å². The van der Waals surface area contributed by atoms with Crippen LogP contribution in [0.4, 0.5) is 8.78 Å². The molecule has 0 spiro atoms. The van der Waals surface area contributed by atoms with Crippen LogP contribution >= 0.6 is 0 Å². The van der Waals surface area contributed by atoms with Gasteiger partial charge in [0.2, 0.25) is 5.91 Å². The van der Waals surface area contributed by atoms with E-state index in [9.17, 15) is 13.6 Å². The Morgan fingerprint density at radius 3 is 1.78 bits per heavy atom. The first-order valence-electron chi connectivity index (χ1n) is 7.22. The molecule has 2 N–H and O–H groups in total. The minimum Gasteiger partial charge on any atom is -0.384 e. The van der Waals surface area contributed by atoms with Gasteiger partial charge in [0.1, 0.15) is 11.6 Å². The fraction of sp³-hybridized carbons (Fsp3) is 0.167. The van der Waals surface area contributed by atoms with E-state index >= 15 is 0 Å². The molecule has 0 aliphatic rings. The molecular formula is C18H18F2N2O. The molecule has 0 bridgehead atoms. The second-order valence-corrected chi connectivity index (χ2v) is 5.15. The maximum absolute atomic E-state index is 12.8. The van der Waals surface area contributed by atoms with Crippen LogP contribution in [0.5, 0.6) is 0 Å². The molecule has 3 nitrogen and oxygen atoms in total. The van der Waals surface area contributed by atoms with Crippen molar-refractivity contribution in [2.45, 2.75) is 20.0 Å². The molecule has 0 saturated heterocycles. The van der Waals surface area contributed by atoms with Crippen molar-refractivity contribution in [3.05, 3.63) is 83.1 Å². The number of allylic oxidation sites excluding steroid dienone is 1. The lowest BCUT2D eigenvalue weighted by Gasteiger charge is -2.07. The molecule has 0 fully saturated rings. The molecule has 2 aromatic rings. The van der Waals surface area contributed by atoms with Crippen LogP contribution in [-0.2, 0) is 17.9 Å². The highest BCUT2D eigenvalue weighted by Gasteiger charge is 2.00. The summed E-state index contributed by atoms with van der Waals surface area (Å²) in [5, 5.41) is 5.81. The molecule has 1 amide bonds. The Morgan fingerprint density at radius 2 is 1.30 bits per heavy atom. The van der Waals surface area contributed by atoms with E-state index in [1.54, 1.807) is 31.2 Å². The molecule has 0 unspecified atom stereocenters. The van der Waals surface area contributed by atoms with E-state index in [2.05, 4.69) is 10.6 Å². The minimum absolute atomic E-state index is 0.238. The zero-order valence-electron chi connectivity index (χ0n) is 12.8. The first-order chi connectivity index (χ1) is 11.0. The Kier molecular flexibility index (Phi) is 5.86. The van der Waals surface area contributed by atoms with Gasteiger partial charge in [0, 0.05) is 24.9 Å². The summed E-state index contributed by atoms with van der Waals surface area (Å²) in [6.07, 6.45) is 1.45. The highest BCUT2D eigenvalue weighted by atomic mass is 19.1. The number of carbonyl (C=O) groups is 1. The van der Waals surface area contributed by atoms with Crippen LogP contribution in [0.1, 0.15) is 18.1 Å². The average Bonchev–Trinajstić information content (AvgIpc) is 2.54. The molecule has 2 rings (SSSR count). The number of nitrogens with one attached hydrogen (secondary N) is 2. The van der Waals surface area contributed by atoms with Crippen molar-refractivity contribution in [3.63, 3.8) is 0 Å². The summed E-state index contributed by atoms with van der Waals surface area (Å²) < 4.78 is 25.6. The van der Waals surface area contributed by atoms with E-state index in [1.165, 1.54) is 30.3 Å². The van der Waals surface area contributed by atoms with Crippen molar-refractivity contribution >= 4 is 5.91 Å². The van der Waals surface area contributed by atoms with Gasteiger partial charge in [-0.1, -0.05) is 24.3 Å². The highest BCUT2D eigenvalue weighted by Crippen LogP contribution is 2.04. The van der Waals surface area contributed by atoms with Gasteiger partial charge in [0.15, 0.2) is 0 Å². The Labute approximate surface area is 134 Å². The fourth-order valence-electron chi connectivity index (χ4n) is 1.93. The standard InChI is InChI=1S/C18H18F2N2O/c1-13(21-11-14-2-6-16(19)7-3-14)10-18(23)22-12-15-4-8-17(20)9-5-15/h2-10,21H,11-12H2,1H3,(H,22,23)/b13-10-. The smallest absolute Gasteiger partial charge is 0.245 e. The molecule has 2 aromatic carbocycles. The summed E-state index contributed by atoms with van der Waals surface area (Å²) >= 11 is 0. The summed E-state index contributed by atoms with van der Waals surface area (Å²) in [5.74, 6) is -0.819. The van der Waals surface area contributed by atoms with Gasteiger partial charge in [0.05, 0.1) is 0 Å². The van der Waals surface area contributed by atoms with Crippen LogP contribution in [0.15, 0.2) is 60.3 Å². The second-order valence-electron chi connectivity index (χ2n) is 5.15. The Bertz CT molecular complexity index is 679. The number of carbonyl (C=O) groups excluding carboxylic acids is 1. The minimum atomic E-state index is -0.305. The molecule has 0 atom stereocenters. The predicted molar refractivity (Wildman–Crippen MR) is 85.2 cm³/mol. The van der Waals surface area contributed by atoms with Crippen molar-refractivity contribution in [2.24, 2.45) is 0 Å². The van der Waals surface area contributed by atoms with Crippen molar-refractivity contribution < 1.29 is 13.6 Å². The fourth-order valence-corrected chi connectivity index (χ4v) is 1.93. The van der Waals surface area contributed by atoms with Gasteiger partial charge in [-0.05, 0) is 42.3 Å². The van der Waals surface area contributed by atoms with Gasteiger partial charge in [-0.3, -0.25) is 4.79 Å². The summed E-state index contributed by atoms with van der Waals surface area (Å²) in [4.78, 5) is 11.8. The van der Waals surface area contributed by atoms with E-state index in [4.69, 9.17) is 0 Å². The van der Waals surface area contributed by atoms with Gasteiger partial charge in [-0.15, -0.1) is 0 Å². The summed E-state index contributed by atoms with van der Waals surface area (Å²) in [7, 11) is 0. The number of hydrogen-bond acceptors (Lipinski definition) is 2. The lowest BCUT2D eigenvalue weighted by Crippen LogP contribution is -2.22. The van der Waals surface area contributed by atoms with Crippen LogP contribution in [0.25, 0.3) is 0 Å². The topological polar surface area (TPSA) is 41.1 Å². The molecule has 5 heteroatoms. The predicted octanol–water partition coefficient (Wildman–Crippen LogP) is 3.27. The summed E-state index contributed by atoms with van der Waals surface area (Å²) in [6, 6.07) is 12.1. The average molecular weight is 316 g/mol. The van der Waals surface area contributed by atoms with Gasteiger partial charge in [-0.2, -0.15) is 0 Å². The number of benzene rings is 2. The van der Waals surface area contributed by atoms with Gasteiger partial charge < -0.3 is 10.6 Å². The van der Waals surface area contributed by atoms with Gasteiger partial charge >= 0.3 is 0 Å². The van der Waals surface area contributed by atoms with Crippen molar-refractivity contribution in [1.29, 1.82) is 0 Å². The number of amides is 1. The van der Waals surface area contributed by atoms with Crippen LogP contribution in [0.2, 0.25) is 0 Å². The molecule has 0 radical (unpaired) electrons. The maximum atomic E-state index is 12.8. The first kappa shape index (κ1) is 16.7. The largest absolute Gasteiger partial charge is 0.384 e. The lowest BCUT2D eigenvalue weighted by atomic mass is 10.2. The summed E-state index contributed by atoms with van der Waals surface area (Å²) in [5.41, 5.74) is 2.45. The molecule has 0 aromatic heterocycles. The molecule has 0 saturated carbocycles. The number of halogens is 2. The third-order valence-electron chi connectivity index (χ3n) is 3.21. The third-order valence-corrected chi connectivity index (χ3v) is 3.21. The monoisotopic (exact) mass is 316 g/mol. The van der Waals surface area contributed by atoms with E-state index in [-0.39, 0.29) is 17.5 Å². The highest BCUT2D eigenvalue weighted by molar-refractivity contribution is 5.87. The van der Waals surface area contributed by atoms with Crippen LogP contribution < -0.4 is 10.6 Å². The zero-order chi connectivity index (χ0) is 16.7. The molecule has 0 aliphatic heterocycles. The molecular weight excluding hydrogens is 298 g/mol. The van der Waals surface area contributed by atoms with Gasteiger partial charge in [0.25, 0.3) is 0 Å². The van der Waals surface area contributed by atoms with E-state index < -0.39 is 0 Å². The lowest BCUT2D eigenvalue weighted by molar-refractivity contribution is -0.116. The zero-order valence-corrected chi connectivity index (χ0v) is 12.8. The number of hydrogen-bond donors (Lipinski definition) is 2. The van der Waals surface area contributed by atoms with Crippen molar-refractivity contribution in [1.82, 2.24) is 10.6 Å². The second kappa shape index (κ2) is 8.08. The van der Waals surface area contributed by atoms with Crippen molar-refractivity contribution in [2.75, 3.05) is 0 Å². The molecule has 0 heterocycles. The molecule has 23 heavy (non-hydrogen) atoms. The normalized spacial score (nSPS) is 11.2. The van der Waals surface area contributed by atoms with Crippen LogP contribution in [0, 0.1) is 11.6 Å². The first-order valence-corrected chi connectivity index (χ1v) is 7.22. The van der Waals surface area contributed by atoms with E-state index in [0.717, 1.165) is 11.1 Å². The third kappa shape index (κ3) is 5.90. The Morgan fingerprint density at radius 1 is 0.870 bits per heavy atom. The van der Waals surface area contributed by atoms with E-state index in [1.807, 2.05) is 0 Å². The number of rotatable bonds is 6.